The first-order valence-electron chi connectivity index (χ1n) is 10.4. The van der Waals surface area contributed by atoms with Crippen LogP contribution < -0.4 is 10.9 Å². The summed E-state index contributed by atoms with van der Waals surface area (Å²) in [6, 6.07) is 23.1. The summed E-state index contributed by atoms with van der Waals surface area (Å²) in [6.45, 7) is 9.29. The molecule has 0 N–H and O–H groups in total. The smallest absolute Gasteiger partial charge is 0.214 e. The lowest BCUT2D eigenvalue weighted by atomic mass is 9.30. The maximum atomic E-state index is 13.4. The van der Waals surface area contributed by atoms with E-state index in [1.165, 1.54) is 27.6 Å². The number of hydrogen-bond donors (Lipinski definition) is 0. The van der Waals surface area contributed by atoms with E-state index < -0.39 is 0 Å². The highest BCUT2D eigenvalue weighted by Gasteiger charge is 2.38. The second-order valence-corrected chi connectivity index (χ2v) is 8.30. The normalized spacial score (nSPS) is 14.0. The first kappa shape index (κ1) is 18.7. The summed E-state index contributed by atoms with van der Waals surface area (Å²) in [7, 11) is 0. The quantitative estimate of drug-likeness (QED) is 0.563. The summed E-state index contributed by atoms with van der Waals surface area (Å²) in [4.78, 5) is 13.4. The van der Waals surface area contributed by atoms with Gasteiger partial charge in [0.15, 0.2) is 5.78 Å². The monoisotopic (exact) mass is 366 g/mol. The van der Waals surface area contributed by atoms with Gasteiger partial charge in [0.25, 0.3) is 0 Å². The van der Waals surface area contributed by atoms with Crippen LogP contribution in [0.1, 0.15) is 61.5 Å². The van der Waals surface area contributed by atoms with E-state index in [-0.39, 0.29) is 12.5 Å². The first-order valence-corrected chi connectivity index (χ1v) is 10.4. The van der Waals surface area contributed by atoms with Crippen molar-refractivity contribution in [1.82, 2.24) is 0 Å². The Morgan fingerprint density at radius 3 is 2.18 bits per heavy atom. The maximum Gasteiger partial charge on any atom is 0.214 e. The SMILES string of the molecule is CCC(C)c1ccc2c(c1-c1ccccc1)B(C(C)C)c1ccccc1C2=O. The summed E-state index contributed by atoms with van der Waals surface area (Å²) in [6.07, 6.45) is 1.08. The minimum atomic E-state index is 0.162. The molecule has 3 aromatic carbocycles. The number of fused-ring (bicyclic) bond motifs is 2. The lowest BCUT2D eigenvalue weighted by Gasteiger charge is -2.32. The number of carbonyl (C=O) groups excluding carboxylic acids is 1. The Hall–Kier alpha value is -2.61. The Kier molecular flexibility index (Phi) is 4.97. The fourth-order valence-corrected chi connectivity index (χ4v) is 4.68. The second-order valence-electron chi connectivity index (χ2n) is 8.30. The van der Waals surface area contributed by atoms with Crippen LogP contribution in [0, 0.1) is 0 Å². The van der Waals surface area contributed by atoms with Crippen molar-refractivity contribution < 1.29 is 4.79 Å². The van der Waals surface area contributed by atoms with Gasteiger partial charge in [0, 0.05) is 11.1 Å². The molecule has 0 spiro atoms. The van der Waals surface area contributed by atoms with Crippen LogP contribution in [0.2, 0.25) is 5.82 Å². The molecule has 1 nitrogen and oxygen atoms in total. The van der Waals surface area contributed by atoms with E-state index in [0.29, 0.717) is 11.7 Å². The summed E-state index contributed by atoms with van der Waals surface area (Å²) < 4.78 is 0. The summed E-state index contributed by atoms with van der Waals surface area (Å²) in [5, 5.41) is 0. The van der Waals surface area contributed by atoms with Gasteiger partial charge in [0.2, 0.25) is 6.71 Å². The van der Waals surface area contributed by atoms with Crippen LogP contribution >= 0.6 is 0 Å². The number of hydrogen-bond acceptors (Lipinski definition) is 1. The molecule has 1 atom stereocenters. The van der Waals surface area contributed by atoms with Crippen LogP contribution in [0.25, 0.3) is 11.1 Å². The van der Waals surface area contributed by atoms with Crippen LogP contribution in [-0.4, -0.2) is 12.5 Å². The first-order chi connectivity index (χ1) is 13.5. The van der Waals surface area contributed by atoms with Crippen LogP contribution in [0.15, 0.2) is 66.7 Å². The molecule has 2 heteroatoms. The zero-order chi connectivity index (χ0) is 19.8. The van der Waals surface area contributed by atoms with E-state index in [9.17, 15) is 4.79 Å². The second kappa shape index (κ2) is 7.43. The van der Waals surface area contributed by atoms with E-state index in [1.807, 2.05) is 12.1 Å². The topological polar surface area (TPSA) is 17.1 Å². The van der Waals surface area contributed by atoms with Crippen molar-refractivity contribution in [3.05, 3.63) is 83.4 Å². The third kappa shape index (κ3) is 2.92. The van der Waals surface area contributed by atoms with Gasteiger partial charge in [0.1, 0.15) is 0 Å². The number of rotatable bonds is 4. The molecular weight excluding hydrogens is 339 g/mol. The third-order valence-corrected chi connectivity index (χ3v) is 6.25. The predicted molar refractivity (Wildman–Crippen MR) is 121 cm³/mol. The molecule has 0 bridgehead atoms. The van der Waals surface area contributed by atoms with Crippen LogP contribution in [0.5, 0.6) is 0 Å². The van der Waals surface area contributed by atoms with E-state index in [0.717, 1.165) is 17.5 Å². The molecule has 1 heterocycles. The minimum absolute atomic E-state index is 0.162. The van der Waals surface area contributed by atoms with Gasteiger partial charge >= 0.3 is 0 Å². The molecule has 3 aromatic rings. The molecule has 4 rings (SSSR count). The van der Waals surface area contributed by atoms with Gasteiger partial charge in [-0.2, -0.15) is 0 Å². The Bertz CT molecular complexity index is 1020. The van der Waals surface area contributed by atoms with Gasteiger partial charge in [0.05, 0.1) is 0 Å². The number of ketones is 1. The lowest BCUT2D eigenvalue weighted by molar-refractivity contribution is 0.104. The average Bonchev–Trinajstić information content (AvgIpc) is 2.73. The molecule has 0 radical (unpaired) electrons. The van der Waals surface area contributed by atoms with Crippen molar-refractivity contribution in [2.24, 2.45) is 0 Å². The molecule has 1 aliphatic rings. The Balaban J connectivity index is 2.10. The molecule has 0 fully saturated rings. The lowest BCUT2D eigenvalue weighted by Crippen LogP contribution is -2.53. The molecule has 0 amide bonds. The maximum absolute atomic E-state index is 13.4. The van der Waals surface area contributed by atoms with Crippen molar-refractivity contribution in [3.63, 3.8) is 0 Å². The van der Waals surface area contributed by atoms with Crippen LogP contribution in [-0.2, 0) is 0 Å². The summed E-state index contributed by atoms with van der Waals surface area (Å²) >= 11 is 0. The van der Waals surface area contributed by atoms with Gasteiger partial charge in [-0.1, -0.05) is 111 Å². The zero-order valence-corrected chi connectivity index (χ0v) is 17.2. The molecule has 1 aliphatic heterocycles. The molecule has 0 saturated heterocycles. The molecule has 28 heavy (non-hydrogen) atoms. The number of carbonyl (C=O) groups is 1. The van der Waals surface area contributed by atoms with E-state index in [4.69, 9.17) is 0 Å². The van der Waals surface area contributed by atoms with Crippen LogP contribution in [0.4, 0.5) is 0 Å². The van der Waals surface area contributed by atoms with Gasteiger partial charge in [-0.25, -0.2) is 0 Å². The highest BCUT2D eigenvalue weighted by atomic mass is 16.1. The molecule has 0 saturated carbocycles. The summed E-state index contributed by atoms with van der Waals surface area (Å²) in [5.41, 5.74) is 7.98. The predicted octanol–water partition coefficient (Wildman–Crippen LogP) is 5.43. The van der Waals surface area contributed by atoms with Crippen molar-refractivity contribution in [2.75, 3.05) is 0 Å². The van der Waals surface area contributed by atoms with Crippen molar-refractivity contribution in [2.45, 2.75) is 45.9 Å². The third-order valence-electron chi connectivity index (χ3n) is 6.25. The van der Waals surface area contributed by atoms with Gasteiger partial charge < -0.3 is 0 Å². The van der Waals surface area contributed by atoms with Gasteiger partial charge in [-0.05, 0) is 29.0 Å². The van der Waals surface area contributed by atoms with E-state index in [1.54, 1.807) is 0 Å². The molecule has 140 valence electrons. The standard InChI is InChI=1S/C26H27BO/c1-5-18(4)20-15-16-22-25(24(20)19-11-7-6-8-12-19)27(17(2)3)23-14-10-9-13-21(23)26(22)28/h6-18H,5H2,1-4H3. The fraction of sp³-hybridized carbons (Fsp3) is 0.269. The fourth-order valence-electron chi connectivity index (χ4n) is 4.68. The largest absolute Gasteiger partial charge is 0.289 e. The molecule has 1 unspecified atom stereocenters. The Morgan fingerprint density at radius 1 is 0.821 bits per heavy atom. The highest BCUT2D eigenvalue weighted by Crippen LogP contribution is 2.34. The van der Waals surface area contributed by atoms with Crippen molar-refractivity contribution in [1.29, 1.82) is 0 Å². The number of benzene rings is 3. The minimum Gasteiger partial charge on any atom is -0.289 e. The van der Waals surface area contributed by atoms with Crippen molar-refractivity contribution >= 4 is 23.4 Å². The zero-order valence-electron chi connectivity index (χ0n) is 17.2. The van der Waals surface area contributed by atoms with Gasteiger partial charge in [-0.15, -0.1) is 0 Å². The van der Waals surface area contributed by atoms with E-state index in [2.05, 4.69) is 82.3 Å². The molecular formula is C26H27BO. The van der Waals surface area contributed by atoms with Crippen LogP contribution in [0.3, 0.4) is 0 Å². The highest BCUT2D eigenvalue weighted by molar-refractivity contribution is 6.90. The Labute approximate surface area is 168 Å². The average molecular weight is 366 g/mol. The Morgan fingerprint density at radius 2 is 1.50 bits per heavy atom. The molecule has 0 aromatic heterocycles. The molecule has 0 aliphatic carbocycles. The van der Waals surface area contributed by atoms with E-state index >= 15 is 0 Å². The van der Waals surface area contributed by atoms with Crippen molar-refractivity contribution in [3.8, 4) is 11.1 Å². The van der Waals surface area contributed by atoms with Gasteiger partial charge in [-0.3, -0.25) is 4.79 Å². The summed E-state index contributed by atoms with van der Waals surface area (Å²) in [5.74, 6) is 1.01.